The molecule has 0 spiro atoms. The van der Waals surface area contributed by atoms with Gasteiger partial charge in [-0.25, -0.2) is 10.2 Å². The number of urea groups is 1. The van der Waals surface area contributed by atoms with Gasteiger partial charge in [0.2, 0.25) is 0 Å². The molecule has 2 N–H and O–H groups in total. The summed E-state index contributed by atoms with van der Waals surface area (Å²) in [6.07, 6.45) is 0. The van der Waals surface area contributed by atoms with Crippen molar-refractivity contribution in [3.05, 3.63) is 91.0 Å². The number of carbonyl (C=O) groups is 1. The second kappa shape index (κ2) is 11.1. The standard InChI is InChI=1S/C13H12N4O.C6H5.Hg/c18-13(16-14-11-7-3-1-4-8-11)17-15-12-9-5-2-6-10-12;1-2-4-6-5-3-1;/h1-10,14H,(H,16,18);1-5H;. The number of carbonyl (C=O) groups excluding carboxylic acids is 1. The van der Waals surface area contributed by atoms with Crippen LogP contribution in [0.2, 0.25) is 0 Å². The van der Waals surface area contributed by atoms with Crippen LogP contribution in [0.4, 0.5) is 16.2 Å². The fourth-order valence-corrected chi connectivity index (χ4v) is 2.81. The number of para-hydroxylation sites is 1. The number of hydrogen-bond donors (Lipinski definition) is 2. The van der Waals surface area contributed by atoms with Crippen LogP contribution < -0.4 is 13.9 Å². The van der Waals surface area contributed by atoms with Gasteiger partial charge in [-0.1, -0.05) is 41.5 Å². The molecule has 0 saturated carbocycles. The number of anilines is 1. The van der Waals surface area contributed by atoms with Crippen LogP contribution in [0.3, 0.4) is 0 Å². The monoisotopic (exact) mass is 519 g/mol. The number of azo groups is 1. The van der Waals surface area contributed by atoms with Crippen LogP contribution >= 0.6 is 0 Å². The van der Waals surface area contributed by atoms with Gasteiger partial charge < -0.3 is 0 Å². The molecule has 0 bridgehead atoms. The van der Waals surface area contributed by atoms with Gasteiger partial charge in [0.05, 0.1) is 11.4 Å². The molecule has 3 aromatic carbocycles. The van der Waals surface area contributed by atoms with Crippen molar-refractivity contribution in [2.75, 3.05) is 5.43 Å². The summed E-state index contributed by atoms with van der Waals surface area (Å²) in [5.74, 6) is 0. The van der Waals surface area contributed by atoms with E-state index < -0.39 is 6.03 Å². The first kappa shape index (κ1) is 18.8. The number of hydrazine groups is 1. The van der Waals surface area contributed by atoms with Crippen LogP contribution in [0, 0.1) is 0 Å². The number of hydrogen-bond acceptors (Lipinski definition) is 3. The molecule has 2 amide bonds. The molecule has 0 aliphatic carbocycles. The maximum absolute atomic E-state index is 11.4. The van der Waals surface area contributed by atoms with Gasteiger partial charge in [-0.2, -0.15) is 0 Å². The van der Waals surface area contributed by atoms with E-state index in [0.29, 0.717) is 5.69 Å². The first-order chi connectivity index (χ1) is 12.2. The van der Waals surface area contributed by atoms with E-state index in [1.54, 1.807) is 12.1 Å². The number of rotatable bonds is 3. The molecule has 121 valence electrons. The summed E-state index contributed by atoms with van der Waals surface area (Å²) in [5, 5.41) is 7.31. The molecule has 0 aliphatic rings. The number of benzene rings is 3. The van der Waals surface area contributed by atoms with E-state index in [1.807, 2.05) is 48.5 Å². The fourth-order valence-electron chi connectivity index (χ4n) is 1.75. The third kappa shape index (κ3) is 8.21. The Bertz CT molecular complexity index is 780. The third-order valence-corrected chi connectivity index (χ3v) is 4.78. The van der Waals surface area contributed by atoms with Crippen molar-refractivity contribution in [2.24, 2.45) is 10.2 Å². The summed E-state index contributed by atoms with van der Waals surface area (Å²) in [6, 6.07) is 28.3. The summed E-state index contributed by atoms with van der Waals surface area (Å²) >= 11 is 0.810. The van der Waals surface area contributed by atoms with Gasteiger partial charge in [0.15, 0.2) is 0 Å². The molecule has 6 heteroatoms. The normalized spacial score (nSPS) is 9.84. The summed E-state index contributed by atoms with van der Waals surface area (Å²) in [4.78, 5) is 11.4. The summed E-state index contributed by atoms with van der Waals surface area (Å²) in [7, 11) is 0. The van der Waals surface area contributed by atoms with Crippen molar-refractivity contribution in [3.63, 3.8) is 0 Å². The van der Waals surface area contributed by atoms with Crippen molar-refractivity contribution in [1.82, 2.24) is 5.43 Å². The molecule has 0 aromatic heterocycles. The molecule has 0 radical (unpaired) electrons. The van der Waals surface area contributed by atoms with Crippen LogP contribution in [0.5, 0.6) is 0 Å². The summed E-state index contributed by atoms with van der Waals surface area (Å²) in [5.41, 5.74) is 6.56. The van der Waals surface area contributed by atoms with Crippen LogP contribution in [0.15, 0.2) is 101 Å². The predicted octanol–water partition coefficient (Wildman–Crippen LogP) is 4.37. The molecule has 3 rings (SSSR count). The third-order valence-electron chi connectivity index (χ3n) is 2.94. The van der Waals surface area contributed by atoms with Crippen molar-refractivity contribution in [1.29, 1.82) is 0 Å². The van der Waals surface area contributed by atoms with Crippen molar-refractivity contribution < 1.29 is 30.9 Å². The Kier molecular flexibility index (Phi) is 8.34. The number of nitrogens with one attached hydrogen (secondary N) is 2. The van der Waals surface area contributed by atoms with E-state index in [0.717, 1.165) is 31.8 Å². The summed E-state index contributed by atoms with van der Waals surface area (Å²) < 4.78 is 1.52. The Morgan fingerprint density at radius 3 is 1.80 bits per heavy atom. The number of nitrogens with zero attached hydrogens (tertiary/aromatic N) is 2. The minimum absolute atomic E-state index is 0.553. The second-order valence-corrected chi connectivity index (χ2v) is 8.12. The summed E-state index contributed by atoms with van der Waals surface area (Å²) in [6.45, 7) is 0. The second-order valence-electron chi connectivity index (χ2n) is 4.94. The predicted molar refractivity (Wildman–Crippen MR) is 95.6 cm³/mol. The van der Waals surface area contributed by atoms with E-state index in [2.05, 4.69) is 51.4 Å². The van der Waals surface area contributed by atoms with Gasteiger partial charge >= 0.3 is 65.6 Å². The Labute approximate surface area is 163 Å². The van der Waals surface area contributed by atoms with Gasteiger partial charge in [-0.15, -0.1) is 5.11 Å². The van der Waals surface area contributed by atoms with E-state index in [9.17, 15) is 4.79 Å². The molecule has 0 unspecified atom stereocenters. The average Bonchev–Trinajstić information content (AvgIpc) is 2.67. The van der Waals surface area contributed by atoms with Crippen LogP contribution in [0.25, 0.3) is 0 Å². The van der Waals surface area contributed by atoms with E-state index >= 15 is 0 Å². The SMILES string of the molecule is O=C(N=Nc1ccccc1)NNc1ccccc1.[Hg][c]1ccccc1. The fraction of sp³-hybridized carbons (Fsp3) is 0. The molecule has 0 aliphatic heterocycles. The zero-order valence-corrected chi connectivity index (χ0v) is 19.2. The topological polar surface area (TPSA) is 65.8 Å². The first-order valence-electron chi connectivity index (χ1n) is 7.69. The van der Waals surface area contributed by atoms with Gasteiger partial charge in [0.1, 0.15) is 0 Å². The van der Waals surface area contributed by atoms with Gasteiger partial charge in [-0.05, 0) is 24.3 Å². The molecule has 0 saturated heterocycles. The molecular weight excluding hydrogens is 501 g/mol. The molecule has 0 atom stereocenters. The zero-order chi connectivity index (χ0) is 17.7. The Morgan fingerprint density at radius 1 is 0.760 bits per heavy atom. The zero-order valence-electron chi connectivity index (χ0n) is 13.7. The van der Waals surface area contributed by atoms with Gasteiger partial charge in [-0.3, -0.25) is 5.43 Å². The van der Waals surface area contributed by atoms with Crippen LogP contribution in [-0.4, -0.2) is 6.03 Å². The average molecular weight is 518 g/mol. The van der Waals surface area contributed by atoms with Crippen molar-refractivity contribution >= 4 is 20.5 Å². The van der Waals surface area contributed by atoms with E-state index in [1.165, 1.54) is 3.07 Å². The van der Waals surface area contributed by atoms with Crippen LogP contribution in [-0.2, 0) is 26.1 Å². The number of amides is 2. The minimum atomic E-state index is -0.553. The van der Waals surface area contributed by atoms with E-state index in [-0.39, 0.29) is 0 Å². The quantitative estimate of drug-likeness (QED) is 0.308. The molecule has 0 heterocycles. The molecular formula is C19H17HgN4O. The first-order valence-corrected chi connectivity index (χ1v) is 10.4. The Balaban J connectivity index is 0.000000269. The Hall–Kier alpha value is -2.53. The molecule has 5 nitrogen and oxygen atoms in total. The molecule has 25 heavy (non-hydrogen) atoms. The molecule has 3 aromatic rings. The van der Waals surface area contributed by atoms with Crippen molar-refractivity contribution in [2.45, 2.75) is 0 Å². The molecule has 0 fully saturated rings. The van der Waals surface area contributed by atoms with Gasteiger partial charge in [0.25, 0.3) is 0 Å². The van der Waals surface area contributed by atoms with Gasteiger partial charge in [0, 0.05) is 0 Å². The van der Waals surface area contributed by atoms with Crippen molar-refractivity contribution in [3.8, 4) is 0 Å². The Morgan fingerprint density at radius 2 is 1.28 bits per heavy atom. The van der Waals surface area contributed by atoms with Crippen LogP contribution in [0.1, 0.15) is 0 Å². The maximum atomic E-state index is 11.4. The van der Waals surface area contributed by atoms with E-state index in [4.69, 9.17) is 0 Å².